The van der Waals surface area contributed by atoms with Crippen molar-refractivity contribution in [3.05, 3.63) is 58.6 Å². The van der Waals surface area contributed by atoms with E-state index < -0.39 is 0 Å². The molecule has 1 aliphatic carbocycles. The van der Waals surface area contributed by atoms with Gasteiger partial charge in [-0.3, -0.25) is 0 Å². The van der Waals surface area contributed by atoms with Gasteiger partial charge in [-0.25, -0.2) is 0 Å². The average Bonchev–Trinajstić information content (AvgIpc) is 3.10. The minimum Gasteiger partial charge on any atom is -0.321 e. The summed E-state index contributed by atoms with van der Waals surface area (Å²) in [5.41, 5.74) is 10.0. The molecule has 0 unspecified atom stereocenters. The van der Waals surface area contributed by atoms with Crippen LogP contribution in [-0.2, 0) is 5.54 Å². The summed E-state index contributed by atoms with van der Waals surface area (Å²) >= 11 is 3.46. The third-order valence-electron chi connectivity index (χ3n) is 3.41. The highest BCUT2D eigenvalue weighted by Crippen LogP contribution is 2.46. The summed E-state index contributed by atoms with van der Waals surface area (Å²) in [5, 5.41) is 0. The largest absolute Gasteiger partial charge is 0.321 e. The Labute approximate surface area is 110 Å². The molecule has 0 bridgehead atoms. The van der Waals surface area contributed by atoms with E-state index >= 15 is 0 Å². The maximum atomic E-state index is 6.33. The SMILES string of the molecule is NC1(c2ccccc2-c2ccc(Br)cc2)CC1. The van der Waals surface area contributed by atoms with Gasteiger partial charge in [-0.15, -0.1) is 0 Å². The van der Waals surface area contributed by atoms with Crippen molar-refractivity contribution in [3.8, 4) is 11.1 Å². The first-order valence-corrected chi connectivity index (χ1v) is 6.63. The number of halogens is 1. The molecular formula is C15H14BrN. The van der Waals surface area contributed by atoms with Crippen LogP contribution in [0.25, 0.3) is 11.1 Å². The maximum Gasteiger partial charge on any atom is 0.0417 e. The highest BCUT2D eigenvalue weighted by molar-refractivity contribution is 9.10. The second kappa shape index (κ2) is 3.97. The Kier molecular flexibility index (Phi) is 2.57. The van der Waals surface area contributed by atoms with E-state index in [4.69, 9.17) is 5.73 Å². The van der Waals surface area contributed by atoms with Gasteiger partial charge in [0.25, 0.3) is 0 Å². The van der Waals surface area contributed by atoms with E-state index in [2.05, 4.69) is 64.5 Å². The maximum absolute atomic E-state index is 6.33. The van der Waals surface area contributed by atoms with Crippen LogP contribution in [0.5, 0.6) is 0 Å². The monoisotopic (exact) mass is 287 g/mol. The standard InChI is InChI=1S/C15H14BrN/c16-12-7-5-11(6-8-12)13-3-1-2-4-14(13)15(17)9-10-15/h1-8H,9-10,17H2. The highest BCUT2D eigenvalue weighted by Gasteiger charge is 2.41. The predicted octanol–water partition coefficient (Wildman–Crippen LogP) is 4.06. The van der Waals surface area contributed by atoms with Gasteiger partial charge < -0.3 is 5.73 Å². The lowest BCUT2D eigenvalue weighted by Crippen LogP contribution is -2.19. The van der Waals surface area contributed by atoms with Gasteiger partial charge in [0.05, 0.1) is 0 Å². The van der Waals surface area contributed by atoms with Crippen molar-refractivity contribution in [2.45, 2.75) is 18.4 Å². The van der Waals surface area contributed by atoms with E-state index in [-0.39, 0.29) is 5.54 Å². The van der Waals surface area contributed by atoms with Crippen molar-refractivity contribution >= 4 is 15.9 Å². The summed E-state index contributed by atoms with van der Waals surface area (Å²) in [6, 6.07) is 16.9. The quantitative estimate of drug-likeness (QED) is 0.886. The van der Waals surface area contributed by atoms with E-state index in [9.17, 15) is 0 Å². The first-order chi connectivity index (χ1) is 8.19. The molecule has 2 aromatic rings. The lowest BCUT2D eigenvalue weighted by Gasteiger charge is -2.15. The Morgan fingerprint density at radius 3 is 2.24 bits per heavy atom. The third-order valence-corrected chi connectivity index (χ3v) is 3.94. The molecule has 3 rings (SSSR count). The Hall–Kier alpha value is -1.12. The normalized spacial score (nSPS) is 16.8. The fourth-order valence-corrected chi connectivity index (χ4v) is 2.47. The Morgan fingerprint density at radius 1 is 0.941 bits per heavy atom. The molecule has 1 aliphatic rings. The molecular weight excluding hydrogens is 274 g/mol. The van der Waals surface area contributed by atoms with Crippen molar-refractivity contribution in [2.24, 2.45) is 5.73 Å². The van der Waals surface area contributed by atoms with Crippen LogP contribution >= 0.6 is 15.9 Å². The summed E-state index contributed by atoms with van der Waals surface area (Å²) in [7, 11) is 0. The van der Waals surface area contributed by atoms with E-state index in [1.165, 1.54) is 16.7 Å². The van der Waals surface area contributed by atoms with Gasteiger partial charge in [0.15, 0.2) is 0 Å². The smallest absolute Gasteiger partial charge is 0.0417 e. The number of nitrogens with two attached hydrogens (primary N) is 1. The van der Waals surface area contributed by atoms with Crippen LogP contribution in [0.1, 0.15) is 18.4 Å². The molecule has 2 heteroatoms. The minimum absolute atomic E-state index is 0.0797. The zero-order valence-corrected chi connectivity index (χ0v) is 11.1. The average molecular weight is 288 g/mol. The van der Waals surface area contributed by atoms with Crippen LogP contribution in [0.4, 0.5) is 0 Å². The van der Waals surface area contributed by atoms with Gasteiger partial charge in [-0.05, 0) is 41.7 Å². The van der Waals surface area contributed by atoms with Crippen molar-refractivity contribution in [1.82, 2.24) is 0 Å². The molecule has 0 atom stereocenters. The van der Waals surface area contributed by atoms with Crippen LogP contribution in [-0.4, -0.2) is 0 Å². The van der Waals surface area contributed by atoms with Crippen molar-refractivity contribution < 1.29 is 0 Å². The van der Waals surface area contributed by atoms with E-state index in [0.29, 0.717) is 0 Å². The van der Waals surface area contributed by atoms with Gasteiger partial charge in [0, 0.05) is 10.0 Å². The zero-order valence-electron chi connectivity index (χ0n) is 9.49. The number of hydrogen-bond donors (Lipinski definition) is 1. The van der Waals surface area contributed by atoms with Crippen LogP contribution in [0.3, 0.4) is 0 Å². The highest BCUT2D eigenvalue weighted by atomic mass is 79.9. The van der Waals surface area contributed by atoms with Crippen molar-refractivity contribution in [1.29, 1.82) is 0 Å². The first-order valence-electron chi connectivity index (χ1n) is 5.83. The molecule has 0 amide bonds. The summed E-state index contributed by atoms with van der Waals surface area (Å²) in [6.07, 6.45) is 2.20. The van der Waals surface area contributed by atoms with Gasteiger partial charge in [-0.1, -0.05) is 52.3 Å². The van der Waals surface area contributed by atoms with E-state index in [1.54, 1.807) is 0 Å². The van der Waals surface area contributed by atoms with Crippen LogP contribution < -0.4 is 5.73 Å². The predicted molar refractivity (Wildman–Crippen MR) is 74.7 cm³/mol. The summed E-state index contributed by atoms with van der Waals surface area (Å²) < 4.78 is 1.10. The van der Waals surface area contributed by atoms with Crippen LogP contribution in [0, 0.1) is 0 Å². The number of rotatable bonds is 2. The van der Waals surface area contributed by atoms with Crippen LogP contribution in [0.2, 0.25) is 0 Å². The fourth-order valence-electron chi connectivity index (χ4n) is 2.20. The molecule has 0 spiro atoms. The van der Waals surface area contributed by atoms with Crippen LogP contribution in [0.15, 0.2) is 53.0 Å². The van der Waals surface area contributed by atoms with Gasteiger partial charge in [0.1, 0.15) is 0 Å². The lowest BCUT2D eigenvalue weighted by atomic mass is 9.94. The first kappa shape index (κ1) is 11.0. The molecule has 0 radical (unpaired) electrons. The number of benzene rings is 2. The molecule has 0 aliphatic heterocycles. The summed E-state index contributed by atoms with van der Waals surface area (Å²) in [4.78, 5) is 0. The van der Waals surface area contributed by atoms with Crippen molar-refractivity contribution in [3.63, 3.8) is 0 Å². The molecule has 0 heterocycles. The Morgan fingerprint density at radius 2 is 1.59 bits per heavy atom. The second-order valence-electron chi connectivity index (χ2n) is 4.71. The Balaban J connectivity index is 2.11. The van der Waals surface area contributed by atoms with E-state index in [1.807, 2.05) is 0 Å². The number of hydrogen-bond acceptors (Lipinski definition) is 1. The summed E-state index contributed by atoms with van der Waals surface area (Å²) in [6.45, 7) is 0. The molecule has 1 nitrogen and oxygen atoms in total. The molecule has 0 saturated heterocycles. The lowest BCUT2D eigenvalue weighted by molar-refractivity contribution is 0.742. The van der Waals surface area contributed by atoms with E-state index in [0.717, 1.165) is 17.3 Å². The van der Waals surface area contributed by atoms with Gasteiger partial charge in [-0.2, -0.15) is 0 Å². The second-order valence-corrected chi connectivity index (χ2v) is 5.62. The fraction of sp³-hybridized carbons (Fsp3) is 0.200. The molecule has 1 fully saturated rings. The zero-order chi connectivity index (χ0) is 11.9. The van der Waals surface area contributed by atoms with Gasteiger partial charge >= 0.3 is 0 Å². The van der Waals surface area contributed by atoms with Gasteiger partial charge in [0.2, 0.25) is 0 Å². The minimum atomic E-state index is -0.0797. The summed E-state index contributed by atoms with van der Waals surface area (Å²) in [5.74, 6) is 0. The molecule has 0 aromatic heterocycles. The third kappa shape index (κ3) is 2.03. The molecule has 86 valence electrons. The molecule has 2 aromatic carbocycles. The Bertz CT molecular complexity index is 541. The molecule has 1 saturated carbocycles. The molecule has 17 heavy (non-hydrogen) atoms. The topological polar surface area (TPSA) is 26.0 Å². The van der Waals surface area contributed by atoms with Crippen molar-refractivity contribution in [2.75, 3.05) is 0 Å². The molecule has 2 N–H and O–H groups in total.